The summed E-state index contributed by atoms with van der Waals surface area (Å²) in [6.45, 7) is 3.45. The first kappa shape index (κ1) is 20.9. The van der Waals surface area contributed by atoms with Crippen molar-refractivity contribution in [1.82, 2.24) is 10.1 Å². The van der Waals surface area contributed by atoms with Crippen molar-refractivity contribution in [3.05, 3.63) is 81.7 Å². The molecule has 2 heterocycles. The Kier molecular flexibility index (Phi) is 5.79. The number of aromatic nitrogens is 2. The topological polar surface area (TPSA) is 111 Å². The molecule has 1 amide bonds. The number of anilines is 1. The molecule has 0 spiro atoms. The molecule has 0 saturated carbocycles. The van der Waals surface area contributed by atoms with Crippen LogP contribution in [0.3, 0.4) is 0 Å². The van der Waals surface area contributed by atoms with Crippen LogP contribution in [0.5, 0.6) is 0 Å². The Balaban J connectivity index is 0.00000256. The maximum absolute atomic E-state index is 13.1. The molecule has 9 heteroatoms. The van der Waals surface area contributed by atoms with E-state index in [2.05, 4.69) is 15.5 Å². The van der Waals surface area contributed by atoms with Gasteiger partial charge in [-0.2, -0.15) is 0 Å². The van der Waals surface area contributed by atoms with Gasteiger partial charge in [0, 0.05) is 29.1 Å². The number of nitrogens with one attached hydrogen (secondary N) is 1. The second kappa shape index (κ2) is 8.30. The average molecular weight is 424 g/mol. The summed E-state index contributed by atoms with van der Waals surface area (Å²) in [5.74, 6) is 0.424. The predicted molar refractivity (Wildman–Crippen MR) is 108 cm³/mol. The molecule has 0 unspecified atom stereocenters. The minimum absolute atomic E-state index is 0. The fourth-order valence-electron chi connectivity index (χ4n) is 3.27. The van der Waals surface area contributed by atoms with E-state index in [1.165, 1.54) is 12.1 Å². The molecular formula is C21H16ClN4O4-. The number of non-ortho nitro benzene ring substituents is 1. The highest BCUT2D eigenvalue weighted by atomic mass is 35.5. The van der Waals surface area contributed by atoms with Crippen molar-refractivity contribution in [2.45, 2.75) is 13.8 Å². The molecule has 0 atom stereocenters. The Morgan fingerprint density at radius 2 is 1.83 bits per heavy atom. The quantitative estimate of drug-likeness (QED) is 0.395. The van der Waals surface area contributed by atoms with Crippen LogP contribution in [0.15, 0.2) is 59.1 Å². The number of nitrogens with zero attached hydrogens (tertiary/aromatic N) is 3. The Morgan fingerprint density at radius 1 is 1.10 bits per heavy atom. The van der Waals surface area contributed by atoms with Crippen molar-refractivity contribution in [2.75, 3.05) is 5.32 Å². The number of hydrogen-bond acceptors (Lipinski definition) is 6. The molecule has 0 aliphatic heterocycles. The molecule has 4 rings (SSSR count). The van der Waals surface area contributed by atoms with Gasteiger partial charge in [-0.1, -0.05) is 35.5 Å². The summed E-state index contributed by atoms with van der Waals surface area (Å²) < 4.78 is 5.00. The maximum Gasteiger partial charge on any atom is 0.270 e. The first-order chi connectivity index (χ1) is 13.9. The van der Waals surface area contributed by atoms with Crippen LogP contribution in [0, 0.1) is 24.0 Å². The van der Waals surface area contributed by atoms with Gasteiger partial charge in [-0.3, -0.25) is 19.9 Å². The fourth-order valence-corrected chi connectivity index (χ4v) is 3.27. The number of amides is 1. The van der Waals surface area contributed by atoms with Gasteiger partial charge in [-0.25, -0.2) is 0 Å². The number of hydrogen-bond donors (Lipinski definition) is 1. The lowest BCUT2D eigenvalue weighted by molar-refractivity contribution is -0.384. The Labute approximate surface area is 177 Å². The van der Waals surface area contributed by atoms with Crippen LogP contribution in [0.25, 0.3) is 22.0 Å². The van der Waals surface area contributed by atoms with E-state index in [0.717, 1.165) is 5.56 Å². The van der Waals surface area contributed by atoms with Gasteiger partial charge in [0.25, 0.3) is 11.6 Å². The smallest absolute Gasteiger partial charge is 0.270 e. The van der Waals surface area contributed by atoms with Crippen molar-refractivity contribution in [1.29, 1.82) is 0 Å². The highest BCUT2D eigenvalue weighted by Crippen LogP contribution is 2.35. The number of carbonyl (C=O) groups is 1. The number of rotatable bonds is 4. The van der Waals surface area contributed by atoms with Crippen LogP contribution in [0.2, 0.25) is 0 Å². The van der Waals surface area contributed by atoms with Gasteiger partial charge in [0.1, 0.15) is 5.76 Å². The molecule has 0 saturated heterocycles. The van der Waals surface area contributed by atoms with Gasteiger partial charge in [0.2, 0.25) is 0 Å². The van der Waals surface area contributed by atoms with Crippen LogP contribution in [-0.4, -0.2) is 21.0 Å². The van der Waals surface area contributed by atoms with E-state index in [1.54, 1.807) is 26.0 Å². The third kappa shape index (κ3) is 3.85. The fraction of sp³-hybridized carbons (Fsp3) is 0.0952. The van der Waals surface area contributed by atoms with Gasteiger partial charge >= 0.3 is 0 Å². The third-order valence-electron chi connectivity index (χ3n) is 4.52. The largest absolute Gasteiger partial charge is 1.00 e. The maximum atomic E-state index is 13.1. The molecule has 30 heavy (non-hydrogen) atoms. The lowest BCUT2D eigenvalue weighted by Gasteiger charge is -2.15. The number of nitro benzene ring substituents is 1. The molecule has 0 aliphatic carbocycles. The third-order valence-corrected chi connectivity index (χ3v) is 4.52. The van der Waals surface area contributed by atoms with E-state index in [-0.39, 0.29) is 23.9 Å². The van der Waals surface area contributed by atoms with Crippen molar-refractivity contribution in [2.24, 2.45) is 0 Å². The number of nitro groups is 1. The molecule has 8 nitrogen and oxygen atoms in total. The zero-order chi connectivity index (χ0) is 20.5. The highest BCUT2D eigenvalue weighted by molar-refractivity contribution is 6.14. The van der Waals surface area contributed by atoms with Gasteiger partial charge in [-0.05, 0) is 25.5 Å². The Hall–Kier alpha value is -3.78. The number of pyridine rings is 1. The molecule has 2 aromatic carbocycles. The summed E-state index contributed by atoms with van der Waals surface area (Å²) in [5, 5.41) is 18.3. The summed E-state index contributed by atoms with van der Waals surface area (Å²) in [4.78, 5) is 28.5. The van der Waals surface area contributed by atoms with E-state index in [4.69, 9.17) is 4.52 Å². The lowest BCUT2D eigenvalue weighted by atomic mass is 9.93. The van der Waals surface area contributed by atoms with E-state index in [9.17, 15) is 14.9 Å². The number of halogens is 1. The normalized spacial score (nSPS) is 10.5. The van der Waals surface area contributed by atoms with Crippen LogP contribution >= 0.6 is 0 Å². The van der Waals surface area contributed by atoms with Crippen molar-refractivity contribution >= 4 is 28.3 Å². The van der Waals surface area contributed by atoms with Crippen LogP contribution < -0.4 is 17.7 Å². The molecule has 0 fully saturated rings. The zero-order valence-corrected chi connectivity index (χ0v) is 16.8. The van der Waals surface area contributed by atoms with E-state index in [0.29, 0.717) is 33.5 Å². The first-order valence-electron chi connectivity index (χ1n) is 8.83. The molecule has 152 valence electrons. The highest BCUT2D eigenvalue weighted by Gasteiger charge is 2.22. The minimum Gasteiger partial charge on any atom is -1.00 e. The lowest BCUT2D eigenvalue weighted by Crippen LogP contribution is -3.00. The van der Waals surface area contributed by atoms with Crippen LogP contribution in [0.4, 0.5) is 11.5 Å². The standard InChI is InChI=1S/C21H16N4O4.ClH/c1-12-10-18(24-29-12)23-21(26)19-13(2)22-17-9-8-15(25(27)28)11-16(17)20(19)14-6-4-3-5-7-14;/h3-11H,1-2H3,(H,23,24,26);1H/p-1. The zero-order valence-electron chi connectivity index (χ0n) is 16.0. The van der Waals surface area contributed by atoms with Crippen molar-refractivity contribution < 1.29 is 26.6 Å². The summed E-state index contributed by atoms with van der Waals surface area (Å²) in [5.41, 5.74) is 2.66. The predicted octanol–water partition coefficient (Wildman–Crippen LogP) is 1.67. The summed E-state index contributed by atoms with van der Waals surface area (Å²) in [6.07, 6.45) is 0. The Bertz CT molecular complexity index is 1250. The molecule has 0 radical (unpaired) electrons. The number of benzene rings is 2. The molecule has 2 aromatic heterocycles. The van der Waals surface area contributed by atoms with Crippen molar-refractivity contribution in [3.63, 3.8) is 0 Å². The SMILES string of the molecule is Cc1cc(NC(=O)c2c(C)nc3ccc([N+](=O)[O-])cc3c2-c2ccccc2)no1.[Cl-]. The molecule has 0 bridgehead atoms. The van der Waals surface area contributed by atoms with Gasteiger partial charge < -0.3 is 22.2 Å². The molecular weight excluding hydrogens is 408 g/mol. The summed E-state index contributed by atoms with van der Waals surface area (Å²) >= 11 is 0. The summed E-state index contributed by atoms with van der Waals surface area (Å²) in [6, 6.07) is 15.3. The van der Waals surface area contributed by atoms with E-state index >= 15 is 0 Å². The van der Waals surface area contributed by atoms with Crippen molar-refractivity contribution in [3.8, 4) is 11.1 Å². The second-order valence-corrected chi connectivity index (χ2v) is 6.55. The number of carbonyl (C=O) groups excluding carboxylic acids is 1. The first-order valence-corrected chi connectivity index (χ1v) is 8.83. The van der Waals surface area contributed by atoms with E-state index in [1.807, 2.05) is 30.3 Å². The van der Waals surface area contributed by atoms with Gasteiger partial charge in [0.15, 0.2) is 5.82 Å². The molecule has 1 N–H and O–H groups in total. The van der Waals surface area contributed by atoms with Gasteiger partial charge in [-0.15, -0.1) is 0 Å². The van der Waals surface area contributed by atoms with Crippen LogP contribution in [0.1, 0.15) is 21.8 Å². The van der Waals surface area contributed by atoms with Crippen LogP contribution in [-0.2, 0) is 0 Å². The molecule has 4 aromatic rings. The summed E-state index contributed by atoms with van der Waals surface area (Å²) in [7, 11) is 0. The van der Waals surface area contributed by atoms with E-state index < -0.39 is 10.8 Å². The second-order valence-electron chi connectivity index (χ2n) is 6.55. The minimum atomic E-state index is -0.466. The number of fused-ring (bicyclic) bond motifs is 1. The average Bonchev–Trinajstić information content (AvgIpc) is 3.11. The Morgan fingerprint density at radius 3 is 2.47 bits per heavy atom. The number of aryl methyl sites for hydroxylation is 2. The molecule has 0 aliphatic rings. The van der Waals surface area contributed by atoms with Gasteiger partial charge in [0.05, 0.1) is 21.7 Å². The monoisotopic (exact) mass is 423 g/mol.